The van der Waals surface area contributed by atoms with Crippen LogP contribution in [0.1, 0.15) is 37.8 Å². The number of amides is 2. The first-order valence-electron chi connectivity index (χ1n) is 8.08. The van der Waals surface area contributed by atoms with E-state index in [0.717, 1.165) is 24.2 Å². The molecule has 2 fully saturated rings. The molecule has 0 radical (unpaired) electrons. The van der Waals surface area contributed by atoms with Crippen LogP contribution in [0.3, 0.4) is 0 Å². The van der Waals surface area contributed by atoms with Crippen LogP contribution in [0, 0.1) is 0 Å². The maximum atomic E-state index is 12.6. The molecular formula is C15H19N5O5S. The Morgan fingerprint density at radius 1 is 1.50 bits per heavy atom. The lowest BCUT2D eigenvalue weighted by molar-refractivity contribution is -0.175. The second-order valence-electron chi connectivity index (χ2n) is 6.19. The fourth-order valence-corrected chi connectivity index (χ4v) is 4.05. The van der Waals surface area contributed by atoms with Crippen molar-refractivity contribution in [2.75, 3.05) is 12.8 Å². The predicted octanol–water partition coefficient (Wildman–Crippen LogP) is 0.148. The maximum absolute atomic E-state index is 12.6. The molecule has 1 aliphatic carbocycles. The molecule has 4 N–H and O–H groups in total. The van der Waals surface area contributed by atoms with Crippen LogP contribution in [0.25, 0.3) is 0 Å². The third-order valence-electron chi connectivity index (χ3n) is 4.70. The van der Waals surface area contributed by atoms with Crippen molar-refractivity contribution in [1.82, 2.24) is 15.2 Å². The molecule has 11 heteroatoms. The summed E-state index contributed by atoms with van der Waals surface area (Å²) >= 11 is 1.15. The van der Waals surface area contributed by atoms with Gasteiger partial charge in [0.25, 0.3) is 5.91 Å². The number of carbonyl (C=O) groups is 3. The highest BCUT2D eigenvalue weighted by Gasteiger charge is 2.56. The zero-order chi connectivity index (χ0) is 18.9. The van der Waals surface area contributed by atoms with E-state index in [1.54, 1.807) is 5.38 Å². The van der Waals surface area contributed by atoms with Gasteiger partial charge in [0.1, 0.15) is 24.5 Å². The van der Waals surface area contributed by atoms with E-state index in [0.29, 0.717) is 12.8 Å². The Bertz CT molecular complexity index is 770. The van der Waals surface area contributed by atoms with Gasteiger partial charge in [-0.05, 0) is 12.8 Å². The molecule has 1 aromatic heterocycles. The van der Waals surface area contributed by atoms with E-state index >= 15 is 0 Å². The van der Waals surface area contributed by atoms with Gasteiger partial charge in [0.2, 0.25) is 5.91 Å². The molecule has 0 spiro atoms. The number of likely N-dealkylation sites (tertiary alicyclic amines) is 1. The largest absolute Gasteiger partial charge is 0.479 e. The van der Waals surface area contributed by atoms with Crippen molar-refractivity contribution in [3.05, 3.63) is 11.1 Å². The van der Waals surface area contributed by atoms with Crippen molar-refractivity contribution >= 4 is 40.0 Å². The van der Waals surface area contributed by atoms with Crippen molar-refractivity contribution in [2.45, 2.75) is 43.8 Å². The molecule has 2 aliphatic rings. The van der Waals surface area contributed by atoms with Gasteiger partial charge in [-0.2, -0.15) is 0 Å². The lowest BCUT2D eigenvalue weighted by Crippen LogP contribution is -2.71. The summed E-state index contributed by atoms with van der Waals surface area (Å²) in [6.07, 6.45) is 1.54. The molecule has 1 saturated carbocycles. The van der Waals surface area contributed by atoms with Crippen molar-refractivity contribution in [3.8, 4) is 0 Å². The van der Waals surface area contributed by atoms with E-state index in [4.69, 9.17) is 10.6 Å². The number of anilines is 1. The minimum Gasteiger partial charge on any atom is -0.479 e. The lowest BCUT2D eigenvalue weighted by Gasteiger charge is -2.49. The SMILES string of the molecule is CO/N=C(/C(=O)NC1CC(=O)N1C1(C(=O)O)CCCC1)c1csc(N)n1. The lowest BCUT2D eigenvalue weighted by atomic mass is 9.89. The molecule has 1 atom stereocenters. The second-order valence-corrected chi connectivity index (χ2v) is 7.08. The van der Waals surface area contributed by atoms with Gasteiger partial charge in [-0.1, -0.05) is 18.0 Å². The normalized spacial score (nSPS) is 22.0. The molecule has 3 rings (SSSR count). The van der Waals surface area contributed by atoms with Gasteiger partial charge >= 0.3 is 5.97 Å². The Morgan fingerprint density at radius 2 is 2.19 bits per heavy atom. The van der Waals surface area contributed by atoms with E-state index < -0.39 is 23.6 Å². The van der Waals surface area contributed by atoms with Gasteiger partial charge in [0, 0.05) is 5.38 Å². The molecule has 26 heavy (non-hydrogen) atoms. The minimum atomic E-state index is -1.25. The van der Waals surface area contributed by atoms with Crippen LogP contribution in [0.5, 0.6) is 0 Å². The molecule has 10 nitrogen and oxygen atoms in total. The first-order valence-corrected chi connectivity index (χ1v) is 8.96. The average Bonchev–Trinajstić information content (AvgIpc) is 3.22. The number of nitrogens with zero attached hydrogens (tertiary/aromatic N) is 3. The molecule has 1 unspecified atom stereocenters. The molecular weight excluding hydrogens is 362 g/mol. The summed E-state index contributed by atoms with van der Waals surface area (Å²) in [5, 5.41) is 17.9. The maximum Gasteiger partial charge on any atom is 0.329 e. The number of carboxylic acids is 1. The third kappa shape index (κ3) is 2.98. The predicted molar refractivity (Wildman–Crippen MR) is 92.3 cm³/mol. The van der Waals surface area contributed by atoms with Crippen molar-refractivity contribution in [2.24, 2.45) is 5.16 Å². The molecule has 1 aromatic rings. The summed E-state index contributed by atoms with van der Waals surface area (Å²) in [6, 6.07) is 0. The van der Waals surface area contributed by atoms with E-state index in [1.807, 2.05) is 0 Å². The van der Waals surface area contributed by atoms with Crippen LogP contribution < -0.4 is 11.1 Å². The van der Waals surface area contributed by atoms with Crippen LogP contribution in [-0.2, 0) is 19.2 Å². The molecule has 2 heterocycles. The highest BCUT2D eigenvalue weighted by Crippen LogP contribution is 2.41. The Balaban J connectivity index is 1.79. The summed E-state index contributed by atoms with van der Waals surface area (Å²) < 4.78 is 0. The monoisotopic (exact) mass is 381 g/mol. The van der Waals surface area contributed by atoms with Gasteiger partial charge in [-0.25, -0.2) is 9.78 Å². The molecule has 1 saturated heterocycles. The highest BCUT2D eigenvalue weighted by molar-refractivity contribution is 7.13. The number of β-lactam (4-membered cyclic amide) rings is 1. The van der Waals surface area contributed by atoms with Crippen LogP contribution in [0.15, 0.2) is 10.5 Å². The number of aromatic nitrogens is 1. The summed E-state index contributed by atoms with van der Waals surface area (Å²) in [7, 11) is 1.29. The van der Waals surface area contributed by atoms with Gasteiger partial charge in [0.05, 0.1) is 6.42 Å². The first kappa shape index (κ1) is 18.1. The zero-order valence-corrected chi connectivity index (χ0v) is 14.9. The Morgan fingerprint density at radius 3 is 2.69 bits per heavy atom. The summed E-state index contributed by atoms with van der Waals surface area (Å²) in [5.74, 6) is -1.94. The number of hydrogen-bond acceptors (Lipinski definition) is 8. The van der Waals surface area contributed by atoms with Gasteiger partial charge < -0.3 is 25.9 Å². The summed E-state index contributed by atoms with van der Waals surface area (Å²) in [4.78, 5) is 46.5. The number of oxime groups is 1. The number of nitrogens with one attached hydrogen (secondary N) is 1. The van der Waals surface area contributed by atoms with Gasteiger partial charge in [-0.15, -0.1) is 11.3 Å². The number of nitrogens with two attached hydrogens (primary N) is 1. The highest BCUT2D eigenvalue weighted by atomic mass is 32.1. The summed E-state index contributed by atoms with van der Waals surface area (Å²) in [5.41, 5.74) is 4.49. The van der Waals surface area contributed by atoms with Gasteiger partial charge in [0.15, 0.2) is 10.8 Å². The number of thiazole rings is 1. The Labute approximate surface area is 153 Å². The second kappa shape index (κ2) is 6.90. The molecule has 0 bridgehead atoms. The molecule has 2 amide bonds. The average molecular weight is 381 g/mol. The molecule has 1 aliphatic heterocycles. The quantitative estimate of drug-likeness (QED) is 0.361. The standard InChI is InChI=1S/C15H19N5O5S/c1-25-19-11(8-7-26-14(16)17-8)12(22)18-9-6-10(21)20(9)15(13(23)24)4-2-3-5-15/h7,9H,2-6H2,1H3,(H2,16,17)(H,18,22)(H,23,24)/b19-11+. The summed E-state index contributed by atoms with van der Waals surface area (Å²) in [6.45, 7) is 0. The van der Waals surface area contributed by atoms with Crippen LogP contribution in [-0.4, -0.2) is 57.3 Å². The smallest absolute Gasteiger partial charge is 0.329 e. The van der Waals surface area contributed by atoms with E-state index in [2.05, 4.69) is 15.5 Å². The molecule has 140 valence electrons. The van der Waals surface area contributed by atoms with E-state index in [1.165, 1.54) is 12.0 Å². The fraction of sp³-hybridized carbons (Fsp3) is 0.533. The number of nitrogen functional groups attached to an aromatic ring is 1. The first-order chi connectivity index (χ1) is 12.4. The van der Waals surface area contributed by atoms with Crippen LogP contribution >= 0.6 is 11.3 Å². The van der Waals surface area contributed by atoms with E-state index in [9.17, 15) is 19.5 Å². The Kier molecular flexibility index (Phi) is 4.81. The van der Waals surface area contributed by atoms with Crippen molar-refractivity contribution in [3.63, 3.8) is 0 Å². The van der Waals surface area contributed by atoms with Gasteiger partial charge in [-0.3, -0.25) is 9.59 Å². The fourth-order valence-electron chi connectivity index (χ4n) is 3.50. The minimum absolute atomic E-state index is 0.0419. The molecule has 0 aromatic carbocycles. The third-order valence-corrected chi connectivity index (χ3v) is 5.37. The van der Waals surface area contributed by atoms with Crippen LogP contribution in [0.4, 0.5) is 5.13 Å². The topological polar surface area (TPSA) is 147 Å². The number of aliphatic carboxylic acids is 1. The number of hydrogen-bond donors (Lipinski definition) is 3. The van der Waals surface area contributed by atoms with Crippen molar-refractivity contribution in [1.29, 1.82) is 0 Å². The van der Waals surface area contributed by atoms with Crippen molar-refractivity contribution < 1.29 is 24.3 Å². The van der Waals surface area contributed by atoms with Crippen LogP contribution in [0.2, 0.25) is 0 Å². The Hall–Kier alpha value is -2.69. The number of carbonyl (C=O) groups excluding carboxylic acids is 2. The zero-order valence-electron chi connectivity index (χ0n) is 14.1. The number of carboxylic acid groups (broad SMARTS) is 1. The number of rotatable bonds is 6. The van der Waals surface area contributed by atoms with E-state index in [-0.39, 0.29) is 28.9 Å².